The normalized spacial score (nSPS) is 12.2. The molecular formula is C12H18N2O2. The molecule has 0 saturated carbocycles. The lowest BCUT2D eigenvalue weighted by atomic mass is 10.0. The molecule has 4 nitrogen and oxygen atoms in total. The van der Waals surface area contributed by atoms with Gasteiger partial charge in [0, 0.05) is 5.69 Å². The number of hydrogen-bond donors (Lipinski definition) is 0. The van der Waals surface area contributed by atoms with Gasteiger partial charge in [-0.05, 0) is 32.3 Å². The number of esters is 1. The lowest BCUT2D eigenvalue weighted by Crippen LogP contribution is -2.11. The van der Waals surface area contributed by atoms with Gasteiger partial charge in [0.2, 0.25) is 0 Å². The second-order valence-corrected chi connectivity index (χ2v) is 3.76. The third-order valence-corrected chi connectivity index (χ3v) is 2.46. The molecule has 0 bridgehead atoms. The summed E-state index contributed by atoms with van der Waals surface area (Å²) in [5.41, 5.74) is 1.25. The summed E-state index contributed by atoms with van der Waals surface area (Å²) < 4.78 is 4.92. The van der Waals surface area contributed by atoms with Crippen molar-refractivity contribution in [1.29, 1.82) is 0 Å². The first-order chi connectivity index (χ1) is 7.58. The number of carbonyl (C=O) groups excluding carboxylic acids is 1. The molecule has 88 valence electrons. The molecule has 0 aromatic carbocycles. The average Bonchev–Trinajstić information content (AvgIpc) is 2.27. The molecule has 1 aromatic rings. The Labute approximate surface area is 96.1 Å². The van der Waals surface area contributed by atoms with Crippen LogP contribution in [0.4, 0.5) is 0 Å². The highest BCUT2D eigenvalue weighted by molar-refractivity contribution is 5.87. The minimum absolute atomic E-state index is 0.329. The summed E-state index contributed by atoms with van der Waals surface area (Å²) in [6.07, 6.45) is 0.985. The average molecular weight is 222 g/mol. The van der Waals surface area contributed by atoms with E-state index >= 15 is 0 Å². The first-order valence-corrected chi connectivity index (χ1v) is 5.61. The van der Waals surface area contributed by atoms with Gasteiger partial charge in [-0.2, -0.15) is 0 Å². The molecule has 0 unspecified atom stereocenters. The Balaban J connectivity index is 3.02. The van der Waals surface area contributed by atoms with Gasteiger partial charge in [0.1, 0.15) is 5.82 Å². The summed E-state index contributed by atoms with van der Waals surface area (Å²) in [4.78, 5) is 20.0. The minimum Gasteiger partial charge on any atom is -0.461 e. The molecule has 16 heavy (non-hydrogen) atoms. The highest BCUT2D eigenvalue weighted by Gasteiger charge is 2.13. The molecule has 0 N–H and O–H groups in total. The number of rotatable bonds is 4. The van der Waals surface area contributed by atoms with Gasteiger partial charge in [0.25, 0.3) is 0 Å². The number of ether oxygens (including phenoxy) is 1. The SMILES string of the molecule is CCOC(=O)c1cc([C@@H](C)CC)nc(C)n1. The van der Waals surface area contributed by atoms with E-state index < -0.39 is 0 Å². The van der Waals surface area contributed by atoms with Gasteiger partial charge in [-0.15, -0.1) is 0 Å². The largest absolute Gasteiger partial charge is 0.461 e. The number of aromatic nitrogens is 2. The molecule has 1 atom stereocenters. The third-order valence-electron chi connectivity index (χ3n) is 2.46. The molecule has 0 radical (unpaired) electrons. The first-order valence-electron chi connectivity index (χ1n) is 5.61. The maximum absolute atomic E-state index is 11.5. The molecule has 0 aliphatic carbocycles. The zero-order chi connectivity index (χ0) is 12.1. The smallest absolute Gasteiger partial charge is 0.357 e. The fourth-order valence-electron chi connectivity index (χ4n) is 1.36. The zero-order valence-corrected chi connectivity index (χ0v) is 10.3. The van der Waals surface area contributed by atoms with Crippen LogP contribution in [0.15, 0.2) is 6.07 Å². The Morgan fingerprint density at radius 2 is 2.12 bits per heavy atom. The van der Waals surface area contributed by atoms with E-state index in [2.05, 4.69) is 23.8 Å². The Hall–Kier alpha value is -1.45. The van der Waals surface area contributed by atoms with Gasteiger partial charge in [-0.25, -0.2) is 14.8 Å². The van der Waals surface area contributed by atoms with E-state index in [9.17, 15) is 4.79 Å². The van der Waals surface area contributed by atoms with Crippen LogP contribution in [0.25, 0.3) is 0 Å². The lowest BCUT2D eigenvalue weighted by Gasteiger charge is -2.10. The predicted molar refractivity (Wildman–Crippen MR) is 61.4 cm³/mol. The van der Waals surface area contributed by atoms with E-state index in [1.54, 1.807) is 19.9 Å². The number of carbonyl (C=O) groups is 1. The molecular weight excluding hydrogens is 204 g/mol. The minimum atomic E-state index is -0.377. The van der Waals surface area contributed by atoms with Crippen molar-refractivity contribution in [3.8, 4) is 0 Å². The highest BCUT2D eigenvalue weighted by atomic mass is 16.5. The number of aryl methyl sites for hydroxylation is 1. The van der Waals surface area contributed by atoms with Crippen LogP contribution < -0.4 is 0 Å². The van der Waals surface area contributed by atoms with Gasteiger partial charge < -0.3 is 4.74 Å². The van der Waals surface area contributed by atoms with Crippen molar-refractivity contribution in [2.24, 2.45) is 0 Å². The van der Waals surface area contributed by atoms with Crippen LogP contribution in [-0.4, -0.2) is 22.5 Å². The quantitative estimate of drug-likeness (QED) is 0.734. The molecule has 0 aliphatic rings. The van der Waals surface area contributed by atoms with Gasteiger partial charge >= 0.3 is 5.97 Å². The summed E-state index contributed by atoms with van der Waals surface area (Å²) in [6, 6.07) is 1.72. The molecule has 0 saturated heterocycles. The lowest BCUT2D eigenvalue weighted by molar-refractivity contribution is 0.0518. The maximum atomic E-state index is 11.5. The molecule has 0 fully saturated rings. The van der Waals surface area contributed by atoms with Crippen molar-refractivity contribution in [2.75, 3.05) is 6.61 Å². The van der Waals surface area contributed by atoms with E-state index in [4.69, 9.17) is 4.74 Å². The van der Waals surface area contributed by atoms with Crippen molar-refractivity contribution < 1.29 is 9.53 Å². The summed E-state index contributed by atoms with van der Waals surface area (Å²) in [7, 11) is 0. The Kier molecular flexibility index (Phi) is 4.40. The van der Waals surface area contributed by atoms with Crippen LogP contribution in [0.3, 0.4) is 0 Å². The zero-order valence-electron chi connectivity index (χ0n) is 10.3. The van der Waals surface area contributed by atoms with Crippen molar-refractivity contribution in [3.05, 3.63) is 23.3 Å². The fraction of sp³-hybridized carbons (Fsp3) is 0.583. The summed E-state index contributed by atoms with van der Waals surface area (Å²) >= 11 is 0. The van der Waals surface area contributed by atoms with E-state index in [-0.39, 0.29) is 5.97 Å². The number of nitrogens with zero attached hydrogens (tertiary/aromatic N) is 2. The van der Waals surface area contributed by atoms with Crippen molar-refractivity contribution in [1.82, 2.24) is 9.97 Å². The Morgan fingerprint density at radius 3 is 2.69 bits per heavy atom. The fourth-order valence-corrected chi connectivity index (χ4v) is 1.36. The summed E-state index contributed by atoms with van der Waals surface area (Å²) in [5, 5.41) is 0. The van der Waals surface area contributed by atoms with E-state index in [1.807, 2.05) is 0 Å². The van der Waals surface area contributed by atoms with Crippen LogP contribution in [-0.2, 0) is 4.74 Å². The monoisotopic (exact) mass is 222 g/mol. The van der Waals surface area contributed by atoms with E-state index in [1.165, 1.54) is 0 Å². The van der Waals surface area contributed by atoms with E-state index in [0.29, 0.717) is 24.0 Å². The van der Waals surface area contributed by atoms with Gasteiger partial charge in [-0.3, -0.25) is 0 Å². The molecule has 0 spiro atoms. The van der Waals surface area contributed by atoms with Crippen molar-refractivity contribution in [3.63, 3.8) is 0 Å². The van der Waals surface area contributed by atoms with Gasteiger partial charge in [0.05, 0.1) is 6.61 Å². The summed E-state index contributed by atoms with van der Waals surface area (Å²) in [5.74, 6) is 0.563. The topological polar surface area (TPSA) is 52.1 Å². The van der Waals surface area contributed by atoms with Gasteiger partial charge in [0.15, 0.2) is 5.69 Å². The molecule has 4 heteroatoms. The molecule has 1 aromatic heterocycles. The van der Waals surface area contributed by atoms with Crippen LogP contribution >= 0.6 is 0 Å². The summed E-state index contributed by atoms with van der Waals surface area (Å²) in [6.45, 7) is 8.10. The second-order valence-electron chi connectivity index (χ2n) is 3.76. The third kappa shape index (κ3) is 3.02. The van der Waals surface area contributed by atoms with E-state index in [0.717, 1.165) is 12.1 Å². The Morgan fingerprint density at radius 1 is 1.44 bits per heavy atom. The molecule has 0 amide bonds. The van der Waals surface area contributed by atoms with Crippen LogP contribution in [0, 0.1) is 6.92 Å². The molecule has 0 aliphatic heterocycles. The first kappa shape index (κ1) is 12.6. The standard InChI is InChI=1S/C12H18N2O2/c1-5-8(3)10-7-11(12(15)16-6-2)14-9(4)13-10/h7-8H,5-6H2,1-4H3/t8-/m0/s1. The van der Waals surface area contributed by atoms with Crippen LogP contribution in [0.2, 0.25) is 0 Å². The van der Waals surface area contributed by atoms with Gasteiger partial charge in [-0.1, -0.05) is 13.8 Å². The van der Waals surface area contributed by atoms with Crippen molar-refractivity contribution in [2.45, 2.75) is 40.0 Å². The molecule has 1 rings (SSSR count). The molecule has 1 heterocycles. The maximum Gasteiger partial charge on any atom is 0.357 e. The number of hydrogen-bond acceptors (Lipinski definition) is 4. The predicted octanol–water partition coefficient (Wildman–Crippen LogP) is 2.48. The van der Waals surface area contributed by atoms with Crippen LogP contribution in [0.5, 0.6) is 0 Å². The van der Waals surface area contributed by atoms with Crippen molar-refractivity contribution >= 4 is 5.97 Å². The van der Waals surface area contributed by atoms with Crippen LogP contribution in [0.1, 0.15) is 55.1 Å². The second kappa shape index (κ2) is 5.58. The Bertz CT molecular complexity index is 377. The highest BCUT2D eigenvalue weighted by Crippen LogP contribution is 2.17.